The summed E-state index contributed by atoms with van der Waals surface area (Å²) in [6, 6.07) is 12.5. The first-order valence-corrected chi connectivity index (χ1v) is 11.8. The first-order valence-electron chi connectivity index (χ1n) is 11.8. The molecule has 1 unspecified atom stereocenters. The van der Waals surface area contributed by atoms with Gasteiger partial charge >= 0.3 is 26.2 Å². The third kappa shape index (κ3) is 8.67. The van der Waals surface area contributed by atoms with Crippen molar-refractivity contribution < 1.29 is 31.0 Å². The molecule has 4 nitrogen and oxygen atoms in total. The van der Waals surface area contributed by atoms with Crippen molar-refractivity contribution in [2.24, 2.45) is 5.92 Å². The molecule has 187 valence electrons. The summed E-state index contributed by atoms with van der Waals surface area (Å²) in [6.45, 7) is 15.3. The number of hydrogen-bond acceptors (Lipinski definition) is 1. The quantitative estimate of drug-likeness (QED) is 0.377. The molecule has 1 amide bonds. The van der Waals surface area contributed by atoms with Gasteiger partial charge in [-0.15, -0.1) is 6.54 Å². The van der Waals surface area contributed by atoms with Crippen molar-refractivity contribution in [3.05, 3.63) is 102 Å². The summed E-state index contributed by atoms with van der Waals surface area (Å²) >= 11 is 0. The molecule has 35 heavy (non-hydrogen) atoms. The van der Waals surface area contributed by atoms with E-state index in [0.717, 1.165) is 22.3 Å². The topological polar surface area (TPSA) is 59.4 Å². The first-order chi connectivity index (χ1) is 16.0. The molecule has 2 aromatic rings. The smallest absolute Gasteiger partial charge is 0.668 e. The zero-order chi connectivity index (χ0) is 26.0. The average Bonchev–Trinajstić information content (AvgIpc) is 2.95. The van der Waals surface area contributed by atoms with Gasteiger partial charge in [0.1, 0.15) is 0 Å². The van der Waals surface area contributed by atoms with E-state index in [4.69, 9.17) is 0 Å². The van der Waals surface area contributed by atoms with Crippen LogP contribution in [-0.2, 0) is 32.7 Å². The summed E-state index contributed by atoms with van der Waals surface area (Å²) in [7, 11) is 7.00. The van der Waals surface area contributed by atoms with Gasteiger partial charge in [0.05, 0.1) is 5.91 Å². The van der Waals surface area contributed by atoms with Crippen LogP contribution in [0.15, 0.2) is 53.1 Å². The van der Waals surface area contributed by atoms with Crippen LogP contribution in [0.4, 0.5) is 0 Å². The van der Waals surface area contributed by atoms with Crippen molar-refractivity contribution in [3.63, 3.8) is 0 Å². The Bertz CT molecular complexity index is 1030. The predicted molar refractivity (Wildman–Crippen MR) is 149 cm³/mol. The summed E-state index contributed by atoms with van der Waals surface area (Å²) in [5, 5.41) is 11.5. The molecule has 2 aromatic carbocycles. The van der Waals surface area contributed by atoms with E-state index in [1.165, 1.54) is 33.4 Å². The molecule has 0 N–H and O–H groups in total. The van der Waals surface area contributed by atoms with E-state index >= 15 is 0 Å². The molecule has 1 aliphatic carbocycles. The molecule has 1 atom stereocenters. The van der Waals surface area contributed by atoms with Crippen molar-refractivity contribution in [2.75, 3.05) is 28.2 Å². The number of rotatable bonds is 4. The van der Waals surface area contributed by atoms with Gasteiger partial charge in [-0.3, -0.25) is 0 Å². The Morgan fingerprint density at radius 1 is 0.829 bits per heavy atom. The monoisotopic (exact) mass is 550 g/mol. The molecule has 1 radical (unpaired) electrons. The second-order valence-corrected chi connectivity index (χ2v) is 9.02. The minimum Gasteiger partial charge on any atom is -0.668 e. The van der Waals surface area contributed by atoms with Crippen LogP contribution in [0.1, 0.15) is 65.9 Å². The van der Waals surface area contributed by atoms with Gasteiger partial charge in [-0.1, -0.05) is 60.0 Å². The molecular formula is C30H42N3OZr. The molecule has 0 fully saturated rings. The molecule has 1 aliphatic rings. The first kappa shape index (κ1) is 33.2. The normalized spacial score (nSPS) is 14.4. The van der Waals surface area contributed by atoms with Gasteiger partial charge in [-0.2, -0.15) is 28.2 Å². The maximum absolute atomic E-state index is 12.8. The second-order valence-electron chi connectivity index (χ2n) is 9.02. The Labute approximate surface area is 233 Å². The van der Waals surface area contributed by atoms with Gasteiger partial charge in [0, 0.05) is 11.5 Å². The van der Waals surface area contributed by atoms with Crippen LogP contribution >= 0.6 is 0 Å². The van der Waals surface area contributed by atoms with E-state index in [1.807, 2.05) is 19.9 Å². The largest absolute Gasteiger partial charge is 3.00 e. The molecular weight excluding hydrogens is 510 g/mol. The number of hydrogen-bond donors (Lipinski definition) is 0. The van der Waals surface area contributed by atoms with Crippen molar-refractivity contribution in [3.8, 4) is 0 Å². The molecule has 3 rings (SSSR count). The SMILES string of the molecule is CC1=C(C)C(C)C(c2ccccc2C[N-]C(=O)c2c(C)cc(C)cc2C)=C1C.C[N-]C.C[N-]C.[Zr+3]. The number of benzene rings is 2. The van der Waals surface area contributed by atoms with Gasteiger partial charge in [0.2, 0.25) is 0 Å². The predicted octanol–water partition coefficient (Wildman–Crippen LogP) is 8.32. The minimum atomic E-state index is -0.125. The van der Waals surface area contributed by atoms with E-state index < -0.39 is 0 Å². The summed E-state index contributed by atoms with van der Waals surface area (Å²) in [5.41, 5.74) is 11.8. The van der Waals surface area contributed by atoms with Crippen molar-refractivity contribution in [1.29, 1.82) is 0 Å². The zero-order valence-electron chi connectivity index (χ0n) is 23.5. The Morgan fingerprint density at radius 2 is 1.31 bits per heavy atom. The van der Waals surface area contributed by atoms with Crippen LogP contribution in [0, 0.1) is 26.7 Å². The van der Waals surface area contributed by atoms with E-state index in [1.54, 1.807) is 28.2 Å². The molecule has 0 saturated heterocycles. The Balaban J connectivity index is 0.00000150. The van der Waals surface area contributed by atoms with Crippen LogP contribution in [0.5, 0.6) is 0 Å². The molecule has 0 saturated carbocycles. The maximum atomic E-state index is 12.8. The molecule has 0 aliphatic heterocycles. The average molecular weight is 552 g/mol. The minimum absolute atomic E-state index is 0. The standard InChI is InChI=1S/C26H31NO.2C2H6N.Zr/c1-15-12-16(2)24(17(3)13-15)26(28)27-14-22-10-8-9-11-23(22)25-20(6)18(4)19(5)21(25)7;2*1-3-2;/h8-13,20H,14H2,1-7H3,(H,27,28);2*1-2H3;/q;2*-1;+3/p-1. The molecule has 0 heterocycles. The summed E-state index contributed by atoms with van der Waals surface area (Å²) in [6.07, 6.45) is 0. The summed E-state index contributed by atoms with van der Waals surface area (Å²) in [4.78, 5) is 12.8. The maximum Gasteiger partial charge on any atom is 3.00 e. The fourth-order valence-corrected chi connectivity index (χ4v) is 4.47. The molecule has 0 bridgehead atoms. The number of allylic oxidation sites excluding steroid dienone is 4. The van der Waals surface area contributed by atoms with Crippen molar-refractivity contribution in [1.82, 2.24) is 0 Å². The fourth-order valence-electron chi connectivity index (χ4n) is 4.47. The third-order valence-corrected chi connectivity index (χ3v) is 6.23. The van der Waals surface area contributed by atoms with Gasteiger partial charge < -0.3 is 20.7 Å². The van der Waals surface area contributed by atoms with E-state index in [2.05, 4.69) is 80.9 Å². The molecule has 5 heteroatoms. The van der Waals surface area contributed by atoms with Gasteiger partial charge in [-0.25, -0.2) is 0 Å². The second kappa shape index (κ2) is 16.0. The number of carbonyl (C=O) groups is 1. The van der Waals surface area contributed by atoms with E-state index in [0.29, 0.717) is 12.5 Å². The van der Waals surface area contributed by atoms with Crippen LogP contribution in [0.3, 0.4) is 0 Å². The number of nitrogens with zero attached hydrogens (tertiary/aromatic N) is 3. The van der Waals surface area contributed by atoms with Gasteiger partial charge in [-0.05, 0) is 75.0 Å². The van der Waals surface area contributed by atoms with Crippen LogP contribution < -0.4 is 0 Å². The Kier molecular flexibility index (Phi) is 15.2. The molecule has 0 aromatic heterocycles. The fraction of sp³-hybridized carbons (Fsp3) is 0.433. The van der Waals surface area contributed by atoms with Gasteiger partial charge in [0.15, 0.2) is 0 Å². The van der Waals surface area contributed by atoms with Crippen molar-refractivity contribution in [2.45, 2.75) is 55.0 Å². The Hall–Kier alpha value is -1.81. The van der Waals surface area contributed by atoms with Crippen LogP contribution in [-0.4, -0.2) is 34.1 Å². The Morgan fingerprint density at radius 3 is 1.77 bits per heavy atom. The van der Waals surface area contributed by atoms with Gasteiger partial charge in [0.25, 0.3) is 0 Å². The summed E-state index contributed by atoms with van der Waals surface area (Å²) < 4.78 is 0. The summed E-state index contributed by atoms with van der Waals surface area (Å²) in [5.74, 6) is 0.277. The van der Waals surface area contributed by atoms with Crippen LogP contribution in [0.2, 0.25) is 0 Å². The zero-order valence-corrected chi connectivity index (χ0v) is 26.0. The third-order valence-electron chi connectivity index (χ3n) is 6.23. The van der Waals surface area contributed by atoms with Crippen molar-refractivity contribution >= 4 is 11.5 Å². The number of aryl methyl sites for hydroxylation is 3. The van der Waals surface area contributed by atoms with Crippen LogP contribution in [0.25, 0.3) is 21.5 Å². The van der Waals surface area contributed by atoms with E-state index in [-0.39, 0.29) is 32.1 Å². The number of amides is 1. The molecule has 0 spiro atoms. The van der Waals surface area contributed by atoms with E-state index in [9.17, 15) is 4.79 Å². The number of carbonyl (C=O) groups excluding carboxylic acids is 1.